The maximum absolute atomic E-state index is 12.1. The normalized spacial score (nSPS) is 15.0. The number of rotatable bonds is 4. The van der Waals surface area contributed by atoms with Crippen LogP contribution in [0.3, 0.4) is 0 Å². The molecule has 1 saturated heterocycles. The molecular weight excluding hydrogens is 216 g/mol. The summed E-state index contributed by atoms with van der Waals surface area (Å²) in [4.78, 5) is 22.3. The molecule has 0 aliphatic carbocycles. The number of anilines is 1. The van der Waals surface area contributed by atoms with E-state index < -0.39 is 0 Å². The van der Waals surface area contributed by atoms with Gasteiger partial charge in [0.25, 0.3) is 5.91 Å². The molecule has 0 saturated carbocycles. The number of carbonyl (C=O) groups excluding carboxylic acids is 1. The summed E-state index contributed by atoms with van der Waals surface area (Å²) in [6.07, 6.45) is 4.83. The number of nitrogens with one attached hydrogen (secondary N) is 1. The van der Waals surface area contributed by atoms with Gasteiger partial charge in [-0.2, -0.15) is 0 Å². The zero-order valence-electron chi connectivity index (χ0n) is 10.1. The Hall–Kier alpha value is -1.65. The number of hydrogen-bond donors (Lipinski definition) is 1. The topological polar surface area (TPSA) is 58.1 Å². The Labute approximate surface area is 101 Å². The Bertz CT molecular complexity index is 388. The van der Waals surface area contributed by atoms with Gasteiger partial charge in [0.15, 0.2) is 0 Å². The molecule has 1 amide bonds. The number of hydrogen-bond acceptors (Lipinski definition) is 4. The first kappa shape index (κ1) is 11.8. The van der Waals surface area contributed by atoms with Crippen LogP contribution in [0.2, 0.25) is 0 Å². The van der Waals surface area contributed by atoms with Crippen LogP contribution in [-0.2, 0) is 0 Å². The highest BCUT2D eigenvalue weighted by atomic mass is 16.2. The third-order valence-electron chi connectivity index (χ3n) is 2.80. The number of likely N-dealkylation sites (tertiary alicyclic amines) is 1. The molecule has 0 unspecified atom stereocenters. The fraction of sp³-hybridized carbons (Fsp3) is 0.583. The average Bonchev–Trinajstić information content (AvgIpc) is 2.89. The van der Waals surface area contributed by atoms with Gasteiger partial charge in [-0.15, -0.1) is 0 Å². The molecule has 5 heteroatoms. The highest BCUT2D eigenvalue weighted by Gasteiger charge is 2.20. The molecule has 5 nitrogen and oxygen atoms in total. The lowest BCUT2D eigenvalue weighted by Crippen LogP contribution is -2.28. The minimum absolute atomic E-state index is 0.0180. The van der Waals surface area contributed by atoms with Crippen LogP contribution >= 0.6 is 0 Å². The zero-order valence-corrected chi connectivity index (χ0v) is 10.1. The fourth-order valence-corrected chi connectivity index (χ4v) is 1.88. The molecule has 2 rings (SSSR count). The Morgan fingerprint density at radius 2 is 2.24 bits per heavy atom. The van der Waals surface area contributed by atoms with Crippen LogP contribution in [0.4, 0.5) is 5.95 Å². The molecule has 1 aliphatic heterocycles. The van der Waals surface area contributed by atoms with E-state index in [0.29, 0.717) is 11.6 Å². The number of aromatic nitrogens is 2. The van der Waals surface area contributed by atoms with Gasteiger partial charge < -0.3 is 10.2 Å². The van der Waals surface area contributed by atoms with E-state index in [4.69, 9.17) is 0 Å². The summed E-state index contributed by atoms with van der Waals surface area (Å²) >= 11 is 0. The molecule has 1 N–H and O–H groups in total. The van der Waals surface area contributed by atoms with Crippen LogP contribution in [-0.4, -0.2) is 40.4 Å². The van der Waals surface area contributed by atoms with Crippen molar-refractivity contribution in [1.29, 1.82) is 0 Å². The van der Waals surface area contributed by atoms with E-state index in [-0.39, 0.29) is 5.91 Å². The number of carbonyl (C=O) groups is 1. The van der Waals surface area contributed by atoms with E-state index in [9.17, 15) is 4.79 Å². The molecule has 0 bridgehead atoms. The monoisotopic (exact) mass is 234 g/mol. The Kier molecular flexibility index (Phi) is 3.90. The SMILES string of the molecule is CCCNc1nccc(C(=O)N2CCCC2)n1. The molecule has 1 aromatic heterocycles. The van der Waals surface area contributed by atoms with Crippen molar-refractivity contribution < 1.29 is 4.79 Å². The van der Waals surface area contributed by atoms with Crippen molar-refractivity contribution >= 4 is 11.9 Å². The lowest BCUT2D eigenvalue weighted by Gasteiger charge is -2.14. The fourth-order valence-electron chi connectivity index (χ4n) is 1.88. The van der Waals surface area contributed by atoms with Gasteiger partial charge in [0.1, 0.15) is 5.69 Å². The second-order valence-corrected chi connectivity index (χ2v) is 4.19. The quantitative estimate of drug-likeness (QED) is 0.858. The predicted octanol–water partition coefficient (Wildman–Crippen LogP) is 1.53. The largest absolute Gasteiger partial charge is 0.354 e. The molecule has 1 aromatic rings. The van der Waals surface area contributed by atoms with E-state index >= 15 is 0 Å². The Morgan fingerprint density at radius 1 is 1.47 bits per heavy atom. The second-order valence-electron chi connectivity index (χ2n) is 4.19. The molecule has 0 radical (unpaired) electrons. The lowest BCUT2D eigenvalue weighted by molar-refractivity contribution is 0.0787. The first-order valence-electron chi connectivity index (χ1n) is 6.17. The smallest absolute Gasteiger partial charge is 0.272 e. The maximum Gasteiger partial charge on any atom is 0.272 e. The summed E-state index contributed by atoms with van der Waals surface area (Å²) < 4.78 is 0. The van der Waals surface area contributed by atoms with Crippen molar-refractivity contribution in [2.75, 3.05) is 25.0 Å². The van der Waals surface area contributed by atoms with Crippen LogP contribution < -0.4 is 5.32 Å². The summed E-state index contributed by atoms with van der Waals surface area (Å²) in [6, 6.07) is 1.68. The van der Waals surface area contributed by atoms with Crippen LogP contribution in [0, 0.1) is 0 Å². The van der Waals surface area contributed by atoms with E-state index in [1.807, 2.05) is 4.90 Å². The average molecular weight is 234 g/mol. The molecule has 0 aromatic carbocycles. The Balaban J connectivity index is 2.06. The second kappa shape index (κ2) is 5.61. The summed E-state index contributed by atoms with van der Waals surface area (Å²) in [6.45, 7) is 4.59. The number of amides is 1. The lowest BCUT2D eigenvalue weighted by atomic mass is 10.3. The zero-order chi connectivity index (χ0) is 12.1. The minimum Gasteiger partial charge on any atom is -0.354 e. The summed E-state index contributed by atoms with van der Waals surface area (Å²) in [5.74, 6) is 0.557. The van der Waals surface area contributed by atoms with Gasteiger partial charge in [-0.3, -0.25) is 4.79 Å². The molecule has 92 valence electrons. The van der Waals surface area contributed by atoms with Crippen molar-refractivity contribution in [2.45, 2.75) is 26.2 Å². The van der Waals surface area contributed by atoms with Gasteiger partial charge in [0, 0.05) is 25.8 Å². The third-order valence-corrected chi connectivity index (χ3v) is 2.80. The summed E-state index contributed by atoms with van der Waals surface area (Å²) in [5, 5.41) is 3.09. The van der Waals surface area contributed by atoms with Crippen LogP contribution in [0.15, 0.2) is 12.3 Å². The van der Waals surface area contributed by atoms with E-state index in [2.05, 4.69) is 22.2 Å². The van der Waals surface area contributed by atoms with Crippen molar-refractivity contribution in [3.8, 4) is 0 Å². The van der Waals surface area contributed by atoms with Gasteiger partial charge in [0.2, 0.25) is 5.95 Å². The molecule has 2 heterocycles. The number of nitrogens with zero attached hydrogens (tertiary/aromatic N) is 3. The highest BCUT2D eigenvalue weighted by molar-refractivity contribution is 5.92. The molecule has 17 heavy (non-hydrogen) atoms. The summed E-state index contributed by atoms with van der Waals surface area (Å²) in [5.41, 5.74) is 0.487. The van der Waals surface area contributed by atoms with Crippen molar-refractivity contribution in [3.63, 3.8) is 0 Å². The first-order chi connectivity index (χ1) is 8.31. The van der Waals surface area contributed by atoms with E-state index in [0.717, 1.165) is 38.9 Å². The molecule has 0 atom stereocenters. The molecule has 1 aliphatic rings. The minimum atomic E-state index is 0.0180. The van der Waals surface area contributed by atoms with Gasteiger partial charge in [-0.05, 0) is 25.3 Å². The van der Waals surface area contributed by atoms with E-state index in [1.165, 1.54) is 0 Å². The Morgan fingerprint density at radius 3 is 2.94 bits per heavy atom. The summed E-state index contributed by atoms with van der Waals surface area (Å²) in [7, 11) is 0. The van der Waals surface area contributed by atoms with Crippen LogP contribution in [0.5, 0.6) is 0 Å². The molecule has 0 spiro atoms. The molecule has 1 fully saturated rings. The van der Waals surface area contributed by atoms with Crippen LogP contribution in [0.1, 0.15) is 36.7 Å². The highest BCUT2D eigenvalue weighted by Crippen LogP contribution is 2.12. The van der Waals surface area contributed by atoms with Crippen molar-refractivity contribution in [1.82, 2.24) is 14.9 Å². The van der Waals surface area contributed by atoms with Crippen molar-refractivity contribution in [2.24, 2.45) is 0 Å². The van der Waals surface area contributed by atoms with Gasteiger partial charge >= 0.3 is 0 Å². The van der Waals surface area contributed by atoms with Crippen LogP contribution in [0.25, 0.3) is 0 Å². The van der Waals surface area contributed by atoms with Gasteiger partial charge in [0.05, 0.1) is 0 Å². The predicted molar refractivity (Wildman–Crippen MR) is 66.0 cm³/mol. The van der Waals surface area contributed by atoms with Gasteiger partial charge in [-0.1, -0.05) is 6.92 Å². The standard InChI is InChI=1S/C12H18N4O/c1-2-6-13-12-14-7-5-10(15-12)11(17)16-8-3-4-9-16/h5,7H,2-4,6,8-9H2,1H3,(H,13,14,15). The first-order valence-corrected chi connectivity index (χ1v) is 6.17. The van der Waals surface area contributed by atoms with Gasteiger partial charge in [-0.25, -0.2) is 9.97 Å². The maximum atomic E-state index is 12.1. The van der Waals surface area contributed by atoms with E-state index in [1.54, 1.807) is 12.3 Å². The molecular formula is C12H18N4O. The third kappa shape index (κ3) is 2.93. The van der Waals surface area contributed by atoms with Crippen molar-refractivity contribution in [3.05, 3.63) is 18.0 Å².